The fourth-order valence-electron chi connectivity index (χ4n) is 2.73. The first-order valence-corrected chi connectivity index (χ1v) is 11.0. The van der Waals surface area contributed by atoms with E-state index in [0.717, 1.165) is 24.1 Å². The zero-order valence-corrected chi connectivity index (χ0v) is 17.3. The van der Waals surface area contributed by atoms with Gasteiger partial charge in [0.05, 0.1) is 25.7 Å². The second-order valence-electron chi connectivity index (χ2n) is 6.10. The molecule has 1 aromatic heterocycles. The lowest BCUT2D eigenvalue weighted by atomic mass is 10.1. The summed E-state index contributed by atoms with van der Waals surface area (Å²) in [6, 6.07) is 16.0. The molecule has 7 heteroatoms. The van der Waals surface area contributed by atoms with E-state index in [9.17, 15) is 8.42 Å². The van der Waals surface area contributed by atoms with Crippen LogP contribution in [0.2, 0.25) is 15.1 Å². The molecule has 27 heavy (non-hydrogen) atoms. The molecule has 0 amide bonds. The van der Waals surface area contributed by atoms with Crippen molar-refractivity contribution in [1.82, 2.24) is 4.98 Å². The topological polar surface area (TPSA) is 47.0 Å². The SMILES string of the molecule is O=S(=O)(Cc1cccc(CCc2ccccn2)c1)c1cc(Cl)c(Cl)cc1Cl. The van der Waals surface area contributed by atoms with Crippen molar-refractivity contribution in [1.29, 1.82) is 0 Å². The molecule has 0 N–H and O–H groups in total. The number of hydrogen-bond donors (Lipinski definition) is 0. The first-order chi connectivity index (χ1) is 12.8. The summed E-state index contributed by atoms with van der Waals surface area (Å²) in [5, 5.41) is 0.441. The number of hydrogen-bond acceptors (Lipinski definition) is 3. The lowest BCUT2D eigenvalue weighted by molar-refractivity contribution is 0.595. The molecule has 0 unspecified atom stereocenters. The number of nitrogens with zero attached hydrogens (tertiary/aromatic N) is 1. The largest absolute Gasteiger partial charge is 0.261 e. The van der Waals surface area contributed by atoms with Crippen LogP contribution in [-0.4, -0.2) is 13.4 Å². The van der Waals surface area contributed by atoms with E-state index < -0.39 is 9.84 Å². The molecule has 0 radical (unpaired) electrons. The highest BCUT2D eigenvalue weighted by atomic mass is 35.5. The molecular weight excluding hydrogens is 425 g/mol. The molecule has 0 aliphatic carbocycles. The summed E-state index contributed by atoms with van der Waals surface area (Å²) in [7, 11) is -3.65. The van der Waals surface area contributed by atoms with Crippen LogP contribution in [0.3, 0.4) is 0 Å². The van der Waals surface area contributed by atoms with E-state index in [0.29, 0.717) is 5.56 Å². The molecule has 0 aliphatic heterocycles. The van der Waals surface area contributed by atoms with Crippen molar-refractivity contribution in [3.05, 3.63) is 92.7 Å². The number of benzene rings is 2. The Bertz CT molecular complexity index is 1050. The average Bonchev–Trinajstić information content (AvgIpc) is 2.64. The molecule has 0 spiro atoms. The molecule has 0 atom stereocenters. The zero-order valence-electron chi connectivity index (χ0n) is 14.2. The molecule has 1 heterocycles. The van der Waals surface area contributed by atoms with Gasteiger partial charge < -0.3 is 0 Å². The van der Waals surface area contributed by atoms with Gasteiger partial charge in [0.2, 0.25) is 0 Å². The van der Waals surface area contributed by atoms with Crippen LogP contribution in [0.1, 0.15) is 16.8 Å². The van der Waals surface area contributed by atoms with Crippen molar-refractivity contribution in [3.8, 4) is 0 Å². The average molecular weight is 441 g/mol. The van der Waals surface area contributed by atoms with Crippen LogP contribution in [0.5, 0.6) is 0 Å². The third-order valence-corrected chi connectivity index (χ3v) is 6.92. The van der Waals surface area contributed by atoms with Gasteiger partial charge in [0.15, 0.2) is 9.84 Å². The maximum atomic E-state index is 12.8. The number of halogens is 3. The molecule has 3 nitrogen and oxygen atoms in total. The van der Waals surface area contributed by atoms with Gasteiger partial charge in [-0.3, -0.25) is 4.98 Å². The van der Waals surface area contributed by atoms with Crippen LogP contribution < -0.4 is 0 Å². The summed E-state index contributed by atoms with van der Waals surface area (Å²) in [5.74, 6) is -0.165. The Hall–Kier alpha value is -1.59. The second-order valence-corrected chi connectivity index (χ2v) is 9.28. The van der Waals surface area contributed by atoms with Crippen LogP contribution in [-0.2, 0) is 28.4 Å². The number of sulfone groups is 1. The third kappa shape index (κ3) is 5.23. The first kappa shape index (κ1) is 20.2. The maximum absolute atomic E-state index is 12.8. The smallest absolute Gasteiger partial charge is 0.184 e. The Morgan fingerprint density at radius 2 is 1.52 bits per heavy atom. The van der Waals surface area contributed by atoms with Gasteiger partial charge in [0.1, 0.15) is 0 Å². The Labute approximate surface area is 173 Å². The van der Waals surface area contributed by atoms with Gasteiger partial charge in [0, 0.05) is 11.9 Å². The van der Waals surface area contributed by atoms with Crippen molar-refractivity contribution < 1.29 is 8.42 Å². The monoisotopic (exact) mass is 439 g/mol. The van der Waals surface area contributed by atoms with Crippen LogP contribution in [0, 0.1) is 0 Å². The molecule has 3 aromatic rings. The number of aromatic nitrogens is 1. The maximum Gasteiger partial charge on any atom is 0.184 e. The van der Waals surface area contributed by atoms with Crippen molar-refractivity contribution in [2.45, 2.75) is 23.5 Å². The van der Waals surface area contributed by atoms with Gasteiger partial charge >= 0.3 is 0 Å². The zero-order chi connectivity index (χ0) is 19.4. The Kier molecular flexibility index (Phi) is 6.43. The quantitative estimate of drug-likeness (QED) is 0.455. The van der Waals surface area contributed by atoms with Crippen molar-refractivity contribution in [3.63, 3.8) is 0 Å². The van der Waals surface area contributed by atoms with Gasteiger partial charge in [-0.2, -0.15) is 0 Å². The van der Waals surface area contributed by atoms with E-state index in [4.69, 9.17) is 34.8 Å². The van der Waals surface area contributed by atoms with Crippen molar-refractivity contribution in [2.24, 2.45) is 0 Å². The molecule has 0 fully saturated rings. The predicted molar refractivity (Wildman–Crippen MR) is 110 cm³/mol. The minimum Gasteiger partial charge on any atom is -0.261 e. The summed E-state index contributed by atoms with van der Waals surface area (Å²) in [4.78, 5) is 4.29. The van der Waals surface area contributed by atoms with Crippen molar-refractivity contribution in [2.75, 3.05) is 0 Å². The van der Waals surface area contributed by atoms with Crippen LogP contribution in [0.25, 0.3) is 0 Å². The fraction of sp³-hybridized carbons (Fsp3) is 0.150. The summed E-state index contributed by atoms with van der Waals surface area (Å²) in [6.45, 7) is 0. The molecule has 0 aliphatic rings. The van der Waals surface area contributed by atoms with Gasteiger partial charge in [-0.1, -0.05) is 65.1 Å². The van der Waals surface area contributed by atoms with Crippen molar-refractivity contribution >= 4 is 44.6 Å². The number of pyridine rings is 1. The van der Waals surface area contributed by atoms with Crippen LogP contribution >= 0.6 is 34.8 Å². The number of rotatable bonds is 6. The highest BCUT2D eigenvalue weighted by molar-refractivity contribution is 7.90. The van der Waals surface area contributed by atoms with Crippen LogP contribution in [0.15, 0.2) is 65.7 Å². The van der Waals surface area contributed by atoms with E-state index in [1.807, 2.05) is 36.4 Å². The lowest BCUT2D eigenvalue weighted by Gasteiger charge is -2.10. The van der Waals surface area contributed by atoms with E-state index in [-0.39, 0.29) is 25.7 Å². The Balaban J connectivity index is 1.78. The normalized spacial score (nSPS) is 11.5. The lowest BCUT2D eigenvalue weighted by Crippen LogP contribution is -2.06. The highest BCUT2D eigenvalue weighted by Gasteiger charge is 2.21. The minimum atomic E-state index is -3.65. The molecular formula is C20H16Cl3NO2S. The molecule has 140 valence electrons. The van der Waals surface area contributed by atoms with E-state index >= 15 is 0 Å². The fourth-order valence-corrected chi connectivity index (χ4v) is 5.12. The standard InChI is InChI=1S/C20H16Cl3NO2S/c21-17-11-19(23)20(12-18(17)22)27(25,26)13-15-5-3-4-14(10-15)7-8-16-6-1-2-9-24-16/h1-6,9-12H,7-8,13H2. The summed E-state index contributed by atoms with van der Waals surface area (Å²) in [5.41, 5.74) is 2.74. The Morgan fingerprint density at radius 1 is 0.778 bits per heavy atom. The number of aryl methyl sites for hydroxylation is 2. The Morgan fingerprint density at radius 3 is 2.26 bits per heavy atom. The summed E-state index contributed by atoms with van der Waals surface area (Å²) in [6.07, 6.45) is 3.33. The minimum absolute atomic E-state index is 0.0162. The van der Waals surface area contributed by atoms with Gasteiger partial charge in [-0.25, -0.2) is 8.42 Å². The summed E-state index contributed by atoms with van der Waals surface area (Å²) < 4.78 is 25.6. The summed E-state index contributed by atoms with van der Waals surface area (Å²) >= 11 is 17.9. The molecule has 0 bridgehead atoms. The third-order valence-electron chi connectivity index (χ3n) is 4.05. The van der Waals surface area contributed by atoms with Gasteiger partial charge in [-0.05, 0) is 48.2 Å². The van der Waals surface area contributed by atoms with Gasteiger partial charge in [0.25, 0.3) is 0 Å². The molecule has 0 saturated heterocycles. The molecule has 3 rings (SSSR count). The predicted octanol–water partition coefficient (Wildman–Crippen LogP) is 5.80. The van der Waals surface area contributed by atoms with Gasteiger partial charge in [-0.15, -0.1) is 0 Å². The second kappa shape index (κ2) is 8.61. The van der Waals surface area contributed by atoms with E-state index in [2.05, 4.69) is 4.98 Å². The van der Waals surface area contributed by atoms with E-state index in [1.54, 1.807) is 12.3 Å². The first-order valence-electron chi connectivity index (χ1n) is 8.20. The molecule has 2 aromatic carbocycles. The highest BCUT2D eigenvalue weighted by Crippen LogP contribution is 2.33. The van der Waals surface area contributed by atoms with Crippen LogP contribution in [0.4, 0.5) is 0 Å². The van der Waals surface area contributed by atoms with E-state index in [1.165, 1.54) is 12.1 Å². The molecule has 0 saturated carbocycles.